The first kappa shape index (κ1) is 20.0. The van der Waals surface area contributed by atoms with Crippen molar-refractivity contribution in [2.24, 2.45) is 0 Å². The van der Waals surface area contributed by atoms with Crippen molar-refractivity contribution in [2.45, 2.75) is 19.5 Å². The molecular weight excluding hydrogens is 411 g/mol. The number of carbonyl (C=O) groups is 1. The zero-order valence-electron chi connectivity index (χ0n) is 15.4. The van der Waals surface area contributed by atoms with E-state index in [4.69, 9.17) is 4.74 Å². The highest BCUT2D eigenvalue weighted by atomic mass is 79.9. The highest BCUT2D eigenvalue weighted by Gasteiger charge is 2.26. The molecule has 0 N–H and O–H groups in total. The molecule has 0 aliphatic carbocycles. The van der Waals surface area contributed by atoms with Crippen LogP contribution in [0.4, 0.5) is 4.39 Å². The average molecular weight is 435 g/mol. The van der Waals surface area contributed by atoms with E-state index in [9.17, 15) is 9.18 Å². The molecule has 0 saturated carbocycles. The molecule has 1 saturated heterocycles. The molecule has 1 aliphatic heterocycles. The topological polar surface area (TPSA) is 32.8 Å². The molecule has 27 heavy (non-hydrogen) atoms. The van der Waals surface area contributed by atoms with Gasteiger partial charge in [0.25, 0.3) is 5.91 Å². The molecule has 144 valence electrons. The Morgan fingerprint density at radius 1 is 1.22 bits per heavy atom. The van der Waals surface area contributed by atoms with Crippen molar-refractivity contribution in [3.05, 3.63) is 69.9 Å². The van der Waals surface area contributed by atoms with Crippen molar-refractivity contribution >= 4 is 21.8 Å². The third-order valence-electron chi connectivity index (χ3n) is 4.77. The second-order valence-electron chi connectivity index (χ2n) is 6.80. The number of morpholine rings is 1. The monoisotopic (exact) mass is 434 g/mol. The number of hydrogen-bond donors (Lipinski definition) is 0. The van der Waals surface area contributed by atoms with Gasteiger partial charge in [-0.1, -0.05) is 46.3 Å². The lowest BCUT2D eigenvalue weighted by Crippen LogP contribution is -2.48. The summed E-state index contributed by atoms with van der Waals surface area (Å²) in [7, 11) is 0. The number of halogens is 2. The Morgan fingerprint density at radius 3 is 2.63 bits per heavy atom. The lowest BCUT2D eigenvalue weighted by atomic mass is 10.1. The maximum Gasteiger partial charge on any atom is 0.257 e. The summed E-state index contributed by atoms with van der Waals surface area (Å²) in [6.07, 6.45) is 0. The molecule has 3 rings (SSSR count). The van der Waals surface area contributed by atoms with Gasteiger partial charge in [0.2, 0.25) is 0 Å². The van der Waals surface area contributed by atoms with Crippen LogP contribution in [0.25, 0.3) is 0 Å². The molecular formula is C21H24BrFN2O2. The van der Waals surface area contributed by atoms with Crippen LogP contribution in [0, 0.1) is 5.82 Å². The van der Waals surface area contributed by atoms with Crippen molar-refractivity contribution in [1.29, 1.82) is 0 Å². The molecule has 1 atom stereocenters. The largest absolute Gasteiger partial charge is 0.379 e. The Balaban J connectivity index is 1.83. The number of hydrogen-bond acceptors (Lipinski definition) is 3. The Kier molecular flexibility index (Phi) is 6.99. The van der Waals surface area contributed by atoms with E-state index in [-0.39, 0.29) is 17.5 Å². The fourth-order valence-electron chi connectivity index (χ4n) is 3.28. The van der Waals surface area contributed by atoms with Gasteiger partial charge in [0.1, 0.15) is 5.82 Å². The van der Waals surface area contributed by atoms with Crippen molar-refractivity contribution in [3.63, 3.8) is 0 Å². The Bertz CT molecular complexity index is 766. The first-order valence-corrected chi connectivity index (χ1v) is 9.94. The van der Waals surface area contributed by atoms with E-state index in [2.05, 4.69) is 20.8 Å². The third kappa shape index (κ3) is 5.37. The molecule has 6 heteroatoms. The van der Waals surface area contributed by atoms with Crippen molar-refractivity contribution < 1.29 is 13.9 Å². The van der Waals surface area contributed by atoms with E-state index in [0.717, 1.165) is 25.2 Å². The Hall–Kier alpha value is -1.76. The molecule has 4 nitrogen and oxygen atoms in total. The summed E-state index contributed by atoms with van der Waals surface area (Å²) < 4.78 is 20.4. The van der Waals surface area contributed by atoms with Gasteiger partial charge in [0.15, 0.2) is 0 Å². The molecule has 1 fully saturated rings. The van der Waals surface area contributed by atoms with Gasteiger partial charge in [-0.25, -0.2) is 4.39 Å². The second kappa shape index (κ2) is 9.44. The molecule has 0 bridgehead atoms. The minimum Gasteiger partial charge on any atom is -0.379 e. The van der Waals surface area contributed by atoms with Crippen LogP contribution in [0.5, 0.6) is 0 Å². The second-order valence-corrected chi connectivity index (χ2v) is 7.72. The van der Waals surface area contributed by atoms with Gasteiger partial charge in [0, 0.05) is 36.7 Å². The number of benzene rings is 2. The highest BCUT2D eigenvalue weighted by Crippen LogP contribution is 2.20. The van der Waals surface area contributed by atoms with Crippen molar-refractivity contribution in [1.82, 2.24) is 9.80 Å². The first-order valence-electron chi connectivity index (χ1n) is 9.14. The molecule has 1 heterocycles. The van der Waals surface area contributed by atoms with Crippen LogP contribution in [0.3, 0.4) is 0 Å². The van der Waals surface area contributed by atoms with Crippen LogP contribution in [0.15, 0.2) is 53.0 Å². The van der Waals surface area contributed by atoms with E-state index in [1.54, 1.807) is 17.0 Å². The molecule has 1 aliphatic rings. The molecule has 1 amide bonds. The summed E-state index contributed by atoms with van der Waals surface area (Å²) in [6, 6.07) is 14.2. The Morgan fingerprint density at radius 2 is 1.93 bits per heavy atom. The molecule has 0 aromatic heterocycles. The van der Waals surface area contributed by atoms with Crippen molar-refractivity contribution in [3.8, 4) is 0 Å². The first-order chi connectivity index (χ1) is 13.0. The van der Waals surface area contributed by atoms with Gasteiger partial charge < -0.3 is 9.64 Å². The van der Waals surface area contributed by atoms with Crippen LogP contribution in [-0.2, 0) is 11.3 Å². The van der Waals surface area contributed by atoms with Crippen LogP contribution in [0.2, 0.25) is 0 Å². The number of nitrogens with zero attached hydrogens (tertiary/aromatic N) is 2. The maximum atomic E-state index is 14.3. The fraction of sp³-hybridized carbons (Fsp3) is 0.381. The predicted molar refractivity (Wildman–Crippen MR) is 107 cm³/mol. The van der Waals surface area contributed by atoms with E-state index in [1.165, 1.54) is 6.07 Å². The van der Waals surface area contributed by atoms with Gasteiger partial charge in [0.05, 0.1) is 18.8 Å². The zero-order valence-corrected chi connectivity index (χ0v) is 17.0. The number of rotatable bonds is 6. The maximum absolute atomic E-state index is 14.3. The molecule has 0 spiro atoms. The summed E-state index contributed by atoms with van der Waals surface area (Å²) in [5, 5.41) is 0. The minimum atomic E-state index is -0.500. The van der Waals surface area contributed by atoms with E-state index in [1.807, 2.05) is 37.3 Å². The summed E-state index contributed by atoms with van der Waals surface area (Å²) in [6.45, 7) is 6.31. The minimum absolute atomic E-state index is 0.0609. The summed E-state index contributed by atoms with van der Waals surface area (Å²) in [5.74, 6) is -0.793. The van der Waals surface area contributed by atoms with Gasteiger partial charge >= 0.3 is 0 Å². The number of amides is 1. The average Bonchev–Trinajstić information content (AvgIpc) is 2.69. The molecule has 2 aromatic rings. The van der Waals surface area contributed by atoms with Crippen LogP contribution in [0.1, 0.15) is 22.8 Å². The van der Waals surface area contributed by atoms with E-state index < -0.39 is 5.82 Å². The third-order valence-corrected chi connectivity index (χ3v) is 5.27. The highest BCUT2D eigenvalue weighted by molar-refractivity contribution is 9.10. The quantitative estimate of drug-likeness (QED) is 0.689. The number of ether oxygens (including phenoxy) is 1. The van der Waals surface area contributed by atoms with E-state index >= 15 is 0 Å². The lowest BCUT2D eigenvalue weighted by Gasteiger charge is -2.35. The van der Waals surface area contributed by atoms with Gasteiger partial charge in [-0.15, -0.1) is 0 Å². The molecule has 1 unspecified atom stereocenters. The molecule has 0 radical (unpaired) electrons. The summed E-state index contributed by atoms with van der Waals surface area (Å²) in [5.41, 5.74) is 1.12. The Labute approximate surface area is 168 Å². The van der Waals surface area contributed by atoms with Crippen molar-refractivity contribution in [2.75, 3.05) is 32.8 Å². The van der Waals surface area contributed by atoms with Gasteiger partial charge in [-0.2, -0.15) is 0 Å². The lowest BCUT2D eigenvalue weighted by molar-refractivity contribution is 0.0227. The summed E-state index contributed by atoms with van der Waals surface area (Å²) in [4.78, 5) is 17.3. The van der Waals surface area contributed by atoms with Crippen LogP contribution in [-0.4, -0.2) is 54.6 Å². The van der Waals surface area contributed by atoms with Crippen LogP contribution >= 0.6 is 15.9 Å². The SMILES string of the molecule is CC(CN1CCOCC1)N(Cc1ccccc1)C(=O)c1cc(Br)ccc1F. The van der Waals surface area contributed by atoms with Gasteiger partial charge in [-0.3, -0.25) is 9.69 Å². The fourth-order valence-corrected chi connectivity index (χ4v) is 3.64. The van der Waals surface area contributed by atoms with Gasteiger partial charge in [-0.05, 0) is 30.7 Å². The summed E-state index contributed by atoms with van der Waals surface area (Å²) >= 11 is 3.34. The molecule has 2 aromatic carbocycles. The zero-order chi connectivity index (χ0) is 19.2. The number of carbonyl (C=O) groups excluding carboxylic acids is 1. The predicted octanol–water partition coefficient (Wildman–Crippen LogP) is 3.95. The normalized spacial score (nSPS) is 16.1. The standard InChI is InChI=1S/C21H24BrFN2O2/c1-16(14-24-9-11-27-12-10-24)25(15-17-5-3-2-4-6-17)21(26)19-13-18(22)7-8-20(19)23/h2-8,13,16H,9-12,14-15H2,1H3. The van der Waals surface area contributed by atoms with E-state index in [0.29, 0.717) is 24.2 Å². The van der Waals surface area contributed by atoms with Crippen LogP contribution < -0.4 is 0 Å². The smallest absolute Gasteiger partial charge is 0.257 e.